The average Bonchev–Trinajstić information content (AvgIpc) is 2.36. The first kappa shape index (κ1) is 10.7. The maximum absolute atomic E-state index is 9.10. The molecule has 2 rings (SSSR count). The van der Waals surface area contributed by atoms with Crippen LogP contribution in [0, 0.1) is 22.7 Å². The van der Waals surface area contributed by atoms with Gasteiger partial charge in [-0.2, -0.15) is 10.5 Å². The van der Waals surface area contributed by atoms with E-state index in [4.69, 9.17) is 10.5 Å². The van der Waals surface area contributed by atoms with Crippen LogP contribution < -0.4 is 0 Å². The lowest BCUT2D eigenvalue weighted by molar-refractivity contribution is 0.505. The molecule has 16 heavy (non-hydrogen) atoms. The first-order valence-electron chi connectivity index (χ1n) is 5.72. The highest BCUT2D eigenvalue weighted by Crippen LogP contribution is 2.40. The van der Waals surface area contributed by atoms with E-state index in [0.717, 1.165) is 19.3 Å². The summed E-state index contributed by atoms with van der Waals surface area (Å²) in [5.41, 5.74) is 2.47. The van der Waals surface area contributed by atoms with Crippen LogP contribution in [0.15, 0.2) is 24.3 Å². The quantitative estimate of drug-likeness (QED) is 0.750. The Morgan fingerprint density at radius 2 is 1.88 bits per heavy atom. The Morgan fingerprint density at radius 3 is 2.56 bits per heavy atom. The van der Waals surface area contributed by atoms with Gasteiger partial charge in [-0.3, -0.25) is 0 Å². The van der Waals surface area contributed by atoms with E-state index in [2.05, 4.69) is 24.3 Å². The second-order valence-electron chi connectivity index (χ2n) is 4.28. The van der Waals surface area contributed by atoms with Crippen molar-refractivity contribution in [3.63, 3.8) is 0 Å². The Morgan fingerprint density at radius 1 is 1.12 bits per heavy atom. The van der Waals surface area contributed by atoms with E-state index in [0.29, 0.717) is 12.3 Å². The van der Waals surface area contributed by atoms with Crippen LogP contribution in [0.3, 0.4) is 0 Å². The molecule has 1 aliphatic carbocycles. The molecule has 0 aliphatic heterocycles. The van der Waals surface area contributed by atoms with E-state index in [9.17, 15) is 0 Å². The molecule has 2 atom stereocenters. The summed E-state index contributed by atoms with van der Waals surface area (Å²) in [6.07, 6.45) is 3.50. The topological polar surface area (TPSA) is 47.6 Å². The third-order valence-electron chi connectivity index (χ3n) is 3.38. The van der Waals surface area contributed by atoms with Gasteiger partial charge in [0.2, 0.25) is 0 Å². The molecular formula is C14H14N2. The number of hydrogen-bond donors (Lipinski definition) is 0. The number of nitriles is 2. The summed E-state index contributed by atoms with van der Waals surface area (Å²) >= 11 is 0. The molecule has 0 spiro atoms. The zero-order valence-electron chi connectivity index (χ0n) is 9.19. The molecule has 1 aromatic carbocycles. The second-order valence-corrected chi connectivity index (χ2v) is 4.28. The van der Waals surface area contributed by atoms with Crippen LogP contribution in [0.2, 0.25) is 0 Å². The first-order chi connectivity index (χ1) is 7.86. The zero-order chi connectivity index (χ0) is 11.4. The van der Waals surface area contributed by atoms with Gasteiger partial charge in [0.25, 0.3) is 0 Å². The maximum Gasteiger partial charge on any atom is 0.0715 e. The third-order valence-corrected chi connectivity index (χ3v) is 3.38. The second kappa shape index (κ2) is 4.81. The van der Waals surface area contributed by atoms with Crippen LogP contribution in [0.25, 0.3) is 0 Å². The van der Waals surface area contributed by atoms with Gasteiger partial charge in [-0.15, -0.1) is 0 Å². The van der Waals surface area contributed by atoms with Crippen LogP contribution >= 0.6 is 0 Å². The Kier molecular flexibility index (Phi) is 3.22. The minimum absolute atomic E-state index is 0.0505. The summed E-state index contributed by atoms with van der Waals surface area (Å²) in [4.78, 5) is 0. The molecule has 80 valence electrons. The molecule has 0 amide bonds. The highest BCUT2D eigenvalue weighted by atomic mass is 14.3. The number of nitrogens with zero attached hydrogens (tertiary/aromatic N) is 2. The molecule has 0 unspecified atom stereocenters. The molecule has 0 saturated carbocycles. The summed E-state index contributed by atoms with van der Waals surface area (Å²) in [7, 11) is 0. The van der Waals surface area contributed by atoms with Gasteiger partial charge in [0.15, 0.2) is 0 Å². The smallest absolute Gasteiger partial charge is 0.0715 e. The van der Waals surface area contributed by atoms with Gasteiger partial charge in [-0.25, -0.2) is 0 Å². The van der Waals surface area contributed by atoms with Crippen molar-refractivity contribution in [2.45, 2.75) is 37.5 Å². The minimum Gasteiger partial charge on any atom is -0.198 e. The first-order valence-corrected chi connectivity index (χ1v) is 5.72. The van der Waals surface area contributed by atoms with Gasteiger partial charge in [0.1, 0.15) is 0 Å². The van der Waals surface area contributed by atoms with E-state index in [1.54, 1.807) is 0 Å². The molecule has 0 saturated heterocycles. The Bertz CT molecular complexity index is 451. The van der Waals surface area contributed by atoms with Crippen molar-refractivity contribution < 1.29 is 0 Å². The molecule has 0 bridgehead atoms. The molecule has 0 aromatic heterocycles. The molecule has 0 fully saturated rings. The standard InChI is InChI=1S/C14H14N2/c15-9-3-4-11-7-8-12(10-16)14-6-2-1-5-13(11)14/h1-2,5-6,11-12H,3-4,7-8H2/t11-,12-/m1/s1. The summed E-state index contributed by atoms with van der Waals surface area (Å²) in [6, 6.07) is 12.8. The van der Waals surface area contributed by atoms with Crippen molar-refractivity contribution in [1.82, 2.24) is 0 Å². The van der Waals surface area contributed by atoms with Gasteiger partial charge < -0.3 is 0 Å². The molecule has 2 nitrogen and oxygen atoms in total. The van der Waals surface area contributed by atoms with E-state index < -0.39 is 0 Å². The summed E-state index contributed by atoms with van der Waals surface area (Å²) in [6.45, 7) is 0. The molecular weight excluding hydrogens is 196 g/mol. The fraction of sp³-hybridized carbons (Fsp3) is 0.429. The van der Waals surface area contributed by atoms with Gasteiger partial charge in [0.05, 0.1) is 18.1 Å². The monoisotopic (exact) mass is 210 g/mol. The van der Waals surface area contributed by atoms with E-state index >= 15 is 0 Å². The number of hydrogen-bond acceptors (Lipinski definition) is 2. The van der Waals surface area contributed by atoms with Crippen molar-refractivity contribution >= 4 is 0 Å². The predicted octanol–water partition coefficient (Wildman–Crippen LogP) is 3.47. The minimum atomic E-state index is 0.0505. The number of fused-ring (bicyclic) bond motifs is 1. The summed E-state index contributed by atoms with van der Waals surface area (Å²) in [5.74, 6) is 0.523. The molecule has 1 aromatic rings. The molecule has 0 radical (unpaired) electrons. The van der Waals surface area contributed by atoms with Crippen molar-refractivity contribution in [3.05, 3.63) is 35.4 Å². The number of rotatable bonds is 2. The number of benzene rings is 1. The summed E-state index contributed by atoms with van der Waals surface area (Å²) < 4.78 is 0. The van der Waals surface area contributed by atoms with Crippen LogP contribution in [-0.4, -0.2) is 0 Å². The van der Waals surface area contributed by atoms with Gasteiger partial charge >= 0.3 is 0 Å². The van der Waals surface area contributed by atoms with Crippen LogP contribution in [-0.2, 0) is 0 Å². The lowest BCUT2D eigenvalue weighted by Gasteiger charge is -2.27. The van der Waals surface area contributed by atoms with Crippen molar-refractivity contribution in [3.8, 4) is 12.1 Å². The fourth-order valence-electron chi connectivity index (χ4n) is 2.55. The zero-order valence-corrected chi connectivity index (χ0v) is 9.19. The lowest BCUT2D eigenvalue weighted by atomic mass is 9.75. The Labute approximate surface area is 96.1 Å². The van der Waals surface area contributed by atoms with Crippen molar-refractivity contribution in [2.75, 3.05) is 0 Å². The van der Waals surface area contributed by atoms with E-state index in [-0.39, 0.29) is 5.92 Å². The Hall–Kier alpha value is -1.80. The molecule has 1 aliphatic rings. The largest absolute Gasteiger partial charge is 0.198 e. The molecule has 0 heterocycles. The average molecular weight is 210 g/mol. The predicted molar refractivity (Wildman–Crippen MR) is 61.6 cm³/mol. The van der Waals surface area contributed by atoms with Crippen molar-refractivity contribution in [1.29, 1.82) is 10.5 Å². The van der Waals surface area contributed by atoms with Crippen LogP contribution in [0.1, 0.15) is 48.6 Å². The summed E-state index contributed by atoms with van der Waals surface area (Å²) in [5, 5.41) is 17.7. The van der Waals surface area contributed by atoms with E-state index in [1.807, 2.05) is 12.1 Å². The van der Waals surface area contributed by atoms with Crippen molar-refractivity contribution in [2.24, 2.45) is 0 Å². The third kappa shape index (κ3) is 1.92. The van der Waals surface area contributed by atoms with E-state index in [1.165, 1.54) is 11.1 Å². The molecule has 0 N–H and O–H groups in total. The molecule has 2 heteroatoms. The van der Waals surface area contributed by atoms with Gasteiger partial charge in [0, 0.05) is 6.42 Å². The SMILES string of the molecule is N#CCC[C@@H]1CC[C@H](C#N)c2ccccc21. The Balaban J connectivity index is 2.29. The maximum atomic E-state index is 9.10. The fourth-order valence-corrected chi connectivity index (χ4v) is 2.55. The van der Waals surface area contributed by atoms with Crippen LogP contribution in [0.4, 0.5) is 0 Å². The van der Waals surface area contributed by atoms with Crippen LogP contribution in [0.5, 0.6) is 0 Å². The lowest BCUT2D eigenvalue weighted by Crippen LogP contribution is -2.13. The normalized spacial score (nSPS) is 22.9. The van der Waals surface area contributed by atoms with Gasteiger partial charge in [-0.1, -0.05) is 24.3 Å². The highest BCUT2D eigenvalue weighted by molar-refractivity contribution is 5.38. The van der Waals surface area contributed by atoms with Gasteiger partial charge in [-0.05, 0) is 36.3 Å². The highest BCUT2D eigenvalue weighted by Gasteiger charge is 2.26.